The van der Waals surface area contributed by atoms with Gasteiger partial charge in [-0.2, -0.15) is 0 Å². The maximum Gasteiger partial charge on any atom is 0.257 e. The smallest absolute Gasteiger partial charge is 0.257 e. The maximum absolute atomic E-state index is 12.8. The van der Waals surface area contributed by atoms with Crippen LogP contribution < -0.4 is 15.4 Å². The van der Waals surface area contributed by atoms with Crippen molar-refractivity contribution in [2.45, 2.75) is 39.2 Å². The highest BCUT2D eigenvalue weighted by Gasteiger charge is 2.22. The third-order valence-corrected chi connectivity index (χ3v) is 5.26. The van der Waals surface area contributed by atoms with Crippen LogP contribution in [0.1, 0.15) is 53.8 Å². The fourth-order valence-electron chi connectivity index (χ4n) is 3.20. The molecule has 0 aliphatic carbocycles. The van der Waals surface area contributed by atoms with E-state index in [-0.39, 0.29) is 23.0 Å². The molecule has 0 spiro atoms. The Kier molecular flexibility index (Phi) is 7.41. The summed E-state index contributed by atoms with van der Waals surface area (Å²) >= 11 is 5.30. The van der Waals surface area contributed by atoms with E-state index in [9.17, 15) is 9.59 Å². The number of ether oxygens (including phenoxy) is 1. The zero-order valence-corrected chi connectivity index (χ0v) is 18.1. The topological polar surface area (TPSA) is 70.7 Å². The number of hydrogen-bond acceptors (Lipinski definition) is 4. The molecule has 2 aromatic rings. The van der Waals surface area contributed by atoms with Gasteiger partial charge in [-0.1, -0.05) is 19.1 Å². The van der Waals surface area contributed by atoms with Gasteiger partial charge in [0, 0.05) is 18.7 Å². The number of nitrogens with zero attached hydrogens (tertiary/aromatic N) is 1. The second-order valence-electron chi connectivity index (χ2n) is 7.31. The predicted molar refractivity (Wildman–Crippen MR) is 122 cm³/mol. The van der Waals surface area contributed by atoms with Crippen LogP contribution in [0.2, 0.25) is 0 Å². The van der Waals surface area contributed by atoms with Crippen LogP contribution in [0.5, 0.6) is 5.75 Å². The van der Waals surface area contributed by atoms with Gasteiger partial charge in [0.25, 0.3) is 11.8 Å². The van der Waals surface area contributed by atoms with Gasteiger partial charge in [0.2, 0.25) is 0 Å². The number of amides is 2. The average molecular weight is 426 g/mol. The number of rotatable bonds is 6. The SMILES string of the molecule is CCC(C)Oc1ccc(C(=O)NC(=S)Nc2ccccc2C(=O)N2CCCC2)cc1. The Morgan fingerprint density at radius 2 is 1.77 bits per heavy atom. The first-order valence-electron chi connectivity index (χ1n) is 10.2. The van der Waals surface area contributed by atoms with Gasteiger partial charge in [0.05, 0.1) is 17.4 Å². The largest absolute Gasteiger partial charge is 0.491 e. The van der Waals surface area contributed by atoms with Crippen molar-refractivity contribution in [1.82, 2.24) is 10.2 Å². The standard InChI is InChI=1S/C23H27N3O3S/c1-3-16(2)29-18-12-10-17(11-13-18)21(27)25-23(30)24-20-9-5-4-8-19(20)22(28)26-14-6-7-15-26/h4-5,8-13,16H,3,6-7,14-15H2,1-2H3,(H2,24,25,27,30). The molecule has 3 rings (SSSR count). The molecule has 1 saturated heterocycles. The molecule has 0 bridgehead atoms. The number of benzene rings is 2. The third kappa shape index (κ3) is 5.57. The molecule has 158 valence electrons. The summed E-state index contributed by atoms with van der Waals surface area (Å²) in [5, 5.41) is 5.80. The van der Waals surface area contributed by atoms with Gasteiger partial charge < -0.3 is 15.0 Å². The van der Waals surface area contributed by atoms with Crippen LogP contribution in [0, 0.1) is 0 Å². The average Bonchev–Trinajstić information content (AvgIpc) is 3.29. The Morgan fingerprint density at radius 1 is 1.10 bits per heavy atom. The van der Waals surface area contributed by atoms with Crippen LogP contribution in [0.4, 0.5) is 5.69 Å². The number of anilines is 1. The second-order valence-corrected chi connectivity index (χ2v) is 7.72. The maximum atomic E-state index is 12.8. The van der Waals surface area contributed by atoms with Crippen molar-refractivity contribution in [3.05, 3.63) is 59.7 Å². The summed E-state index contributed by atoms with van der Waals surface area (Å²) in [5.74, 6) is 0.364. The quantitative estimate of drug-likeness (QED) is 0.678. The van der Waals surface area contributed by atoms with Gasteiger partial charge >= 0.3 is 0 Å². The molecule has 2 N–H and O–H groups in total. The van der Waals surface area contributed by atoms with E-state index >= 15 is 0 Å². The van der Waals surface area contributed by atoms with Crippen LogP contribution in [0.15, 0.2) is 48.5 Å². The van der Waals surface area contributed by atoms with Gasteiger partial charge in [-0.05, 0) is 74.8 Å². The first kappa shape index (κ1) is 21.8. The predicted octanol–water partition coefficient (Wildman–Crippen LogP) is 4.23. The minimum atomic E-state index is -0.328. The monoisotopic (exact) mass is 425 g/mol. The van der Waals surface area contributed by atoms with Gasteiger partial charge in [0.15, 0.2) is 5.11 Å². The van der Waals surface area contributed by atoms with Gasteiger partial charge in [-0.15, -0.1) is 0 Å². The molecule has 0 aromatic heterocycles. The summed E-state index contributed by atoms with van der Waals surface area (Å²) in [6.07, 6.45) is 3.07. The van der Waals surface area contributed by atoms with E-state index in [0.717, 1.165) is 38.1 Å². The zero-order valence-electron chi connectivity index (χ0n) is 17.3. The summed E-state index contributed by atoms with van der Waals surface area (Å²) in [7, 11) is 0. The molecule has 1 atom stereocenters. The van der Waals surface area contributed by atoms with Crippen LogP contribution in [0.25, 0.3) is 0 Å². The van der Waals surface area contributed by atoms with Crippen molar-refractivity contribution in [2.75, 3.05) is 18.4 Å². The van der Waals surface area contributed by atoms with E-state index in [1.54, 1.807) is 36.4 Å². The lowest BCUT2D eigenvalue weighted by Gasteiger charge is -2.18. The van der Waals surface area contributed by atoms with E-state index in [4.69, 9.17) is 17.0 Å². The zero-order chi connectivity index (χ0) is 21.5. The van der Waals surface area contributed by atoms with Crippen molar-refractivity contribution in [2.24, 2.45) is 0 Å². The van der Waals surface area contributed by atoms with E-state index in [1.165, 1.54) is 0 Å². The minimum absolute atomic E-state index is 0.0263. The number of hydrogen-bond donors (Lipinski definition) is 2. The number of likely N-dealkylation sites (tertiary alicyclic amines) is 1. The molecule has 7 heteroatoms. The van der Waals surface area contributed by atoms with Crippen molar-refractivity contribution >= 4 is 34.8 Å². The molecule has 2 aromatic carbocycles. The number of thiocarbonyl (C=S) groups is 1. The highest BCUT2D eigenvalue weighted by Crippen LogP contribution is 2.20. The van der Waals surface area contributed by atoms with Crippen LogP contribution in [-0.4, -0.2) is 41.0 Å². The van der Waals surface area contributed by atoms with E-state index in [1.807, 2.05) is 24.0 Å². The summed E-state index contributed by atoms with van der Waals surface area (Å²) in [6, 6.07) is 14.1. The Bertz CT molecular complexity index is 908. The minimum Gasteiger partial charge on any atom is -0.491 e. The third-order valence-electron chi connectivity index (χ3n) is 5.05. The fraction of sp³-hybridized carbons (Fsp3) is 0.348. The number of nitrogens with one attached hydrogen (secondary N) is 2. The molecule has 0 saturated carbocycles. The molecule has 1 fully saturated rings. The first-order chi connectivity index (χ1) is 14.5. The Morgan fingerprint density at radius 3 is 2.43 bits per heavy atom. The molecule has 0 radical (unpaired) electrons. The van der Waals surface area contributed by atoms with E-state index in [0.29, 0.717) is 16.8 Å². The summed E-state index contributed by atoms with van der Waals surface area (Å²) < 4.78 is 5.73. The summed E-state index contributed by atoms with van der Waals surface area (Å²) in [4.78, 5) is 27.1. The summed E-state index contributed by atoms with van der Waals surface area (Å²) in [5.41, 5.74) is 1.59. The van der Waals surface area contributed by atoms with Crippen LogP contribution >= 0.6 is 12.2 Å². The number of carbonyl (C=O) groups is 2. The van der Waals surface area contributed by atoms with Gasteiger partial charge in [-0.25, -0.2) is 0 Å². The van der Waals surface area contributed by atoms with E-state index in [2.05, 4.69) is 17.6 Å². The molecule has 1 aliphatic heterocycles. The molecular weight excluding hydrogens is 398 g/mol. The molecule has 2 amide bonds. The molecule has 30 heavy (non-hydrogen) atoms. The molecular formula is C23H27N3O3S. The number of carbonyl (C=O) groups excluding carboxylic acids is 2. The van der Waals surface area contributed by atoms with E-state index < -0.39 is 0 Å². The normalized spacial score (nSPS) is 14.1. The van der Waals surface area contributed by atoms with Crippen LogP contribution in [0.3, 0.4) is 0 Å². The first-order valence-corrected chi connectivity index (χ1v) is 10.7. The Balaban J connectivity index is 1.62. The van der Waals surface area contributed by atoms with Gasteiger partial charge in [-0.3, -0.25) is 14.9 Å². The molecule has 6 nitrogen and oxygen atoms in total. The summed E-state index contributed by atoms with van der Waals surface area (Å²) in [6.45, 7) is 5.59. The highest BCUT2D eigenvalue weighted by atomic mass is 32.1. The van der Waals surface area contributed by atoms with Crippen molar-refractivity contribution in [3.8, 4) is 5.75 Å². The lowest BCUT2D eigenvalue weighted by molar-refractivity contribution is 0.0793. The Hall–Kier alpha value is -2.93. The van der Waals surface area contributed by atoms with Gasteiger partial charge in [0.1, 0.15) is 5.75 Å². The van der Waals surface area contributed by atoms with Crippen molar-refractivity contribution < 1.29 is 14.3 Å². The lowest BCUT2D eigenvalue weighted by atomic mass is 10.1. The van der Waals surface area contributed by atoms with Crippen molar-refractivity contribution in [3.63, 3.8) is 0 Å². The fourth-order valence-corrected chi connectivity index (χ4v) is 3.40. The van der Waals surface area contributed by atoms with Crippen molar-refractivity contribution in [1.29, 1.82) is 0 Å². The highest BCUT2D eigenvalue weighted by molar-refractivity contribution is 7.80. The lowest BCUT2D eigenvalue weighted by Crippen LogP contribution is -2.35. The second kappa shape index (κ2) is 10.2. The molecule has 1 heterocycles. The molecule has 1 aliphatic rings. The van der Waals surface area contributed by atoms with Crippen LogP contribution in [-0.2, 0) is 0 Å². The number of para-hydroxylation sites is 1. The Labute approximate surface area is 182 Å². The molecule has 1 unspecified atom stereocenters.